The molecule has 1 amide bonds. The van der Waals surface area contributed by atoms with Gasteiger partial charge in [-0.15, -0.1) is 0 Å². The topological polar surface area (TPSA) is 76.0 Å². The number of amides is 1. The summed E-state index contributed by atoms with van der Waals surface area (Å²) in [5.41, 5.74) is 0.506. The van der Waals surface area contributed by atoms with Crippen LogP contribution in [0.5, 0.6) is 0 Å². The summed E-state index contributed by atoms with van der Waals surface area (Å²) in [5, 5.41) is 9.65. The van der Waals surface area contributed by atoms with E-state index in [0.717, 1.165) is 4.47 Å². The lowest BCUT2D eigenvalue weighted by molar-refractivity contribution is -0.138. The molecular weight excluding hydrogens is 314 g/mol. The van der Waals surface area contributed by atoms with Crippen molar-refractivity contribution in [3.63, 3.8) is 0 Å². The van der Waals surface area contributed by atoms with Crippen LogP contribution in [0, 0.1) is 0 Å². The van der Waals surface area contributed by atoms with Crippen LogP contribution in [0.25, 0.3) is 0 Å². The lowest BCUT2D eigenvalue weighted by atomic mass is 10.0. The fourth-order valence-corrected chi connectivity index (χ4v) is 1.91. The molecule has 98 valence electrons. The maximum Gasteiger partial charge on any atom is 0.344 e. The molecule has 0 spiro atoms. The molecule has 6 heteroatoms. The molecule has 5 nitrogen and oxygen atoms in total. The average Bonchev–Trinajstić information content (AvgIpc) is 2.67. The molecule has 1 aromatic carbocycles. The number of nitrogens with zero attached hydrogens (tertiary/aromatic N) is 1. The number of hydrogen-bond acceptors (Lipinski definition) is 4. The molecule has 1 N–H and O–H groups in total. The zero-order valence-corrected chi connectivity index (χ0v) is 11.6. The van der Waals surface area contributed by atoms with Gasteiger partial charge in [-0.3, -0.25) is 4.79 Å². The first-order valence-corrected chi connectivity index (χ1v) is 6.33. The lowest BCUT2D eigenvalue weighted by Gasteiger charge is -2.06. The average molecular weight is 324 g/mol. The Bertz CT molecular complexity index is 602. The van der Waals surface area contributed by atoms with Gasteiger partial charge in [-0.25, -0.2) is 9.79 Å². The predicted molar refractivity (Wildman–Crippen MR) is 72.0 cm³/mol. The number of esters is 1. The first kappa shape index (κ1) is 13.5. The highest BCUT2D eigenvalue weighted by atomic mass is 79.9. The second kappa shape index (κ2) is 5.36. The Labute approximate surface area is 117 Å². The molecule has 0 saturated heterocycles. The van der Waals surface area contributed by atoms with Crippen LogP contribution in [0.2, 0.25) is 0 Å². The third kappa shape index (κ3) is 2.58. The Morgan fingerprint density at radius 1 is 1.37 bits per heavy atom. The summed E-state index contributed by atoms with van der Waals surface area (Å²) in [6.07, 6.45) is 0. The van der Waals surface area contributed by atoms with Gasteiger partial charge in [0.05, 0.1) is 12.3 Å². The van der Waals surface area contributed by atoms with Gasteiger partial charge in [-0.05, 0) is 19.1 Å². The maximum atomic E-state index is 11.8. The van der Waals surface area contributed by atoms with Crippen molar-refractivity contribution in [3.8, 4) is 0 Å². The standard InChI is InChI=1S/C13H10BrNO4/c1-2-19-13(18)9-10(15-12(17)11(9)16)7-3-5-8(14)6-4-7/h3-6H,2H2,1H3,(H,15,16,17). The molecule has 0 aliphatic carbocycles. The quantitative estimate of drug-likeness (QED) is 0.865. The molecular formula is C13H10BrNO4. The summed E-state index contributed by atoms with van der Waals surface area (Å²) in [5.74, 6) is -2.26. The molecule has 2 rings (SSSR count). The fourth-order valence-electron chi connectivity index (χ4n) is 1.64. The minimum absolute atomic E-state index is 0.133. The summed E-state index contributed by atoms with van der Waals surface area (Å²) < 4.78 is 5.67. The van der Waals surface area contributed by atoms with Gasteiger partial charge in [0, 0.05) is 10.0 Å². The first-order valence-electron chi connectivity index (χ1n) is 5.54. The molecule has 19 heavy (non-hydrogen) atoms. The third-order valence-electron chi connectivity index (χ3n) is 2.49. The number of ether oxygens (including phenoxy) is 1. The van der Waals surface area contributed by atoms with Gasteiger partial charge in [0.15, 0.2) is 0 Å². The molecule has 1 aliphatic heterocycles. The number of hydrogen-bond donors (Lipinski definition) is 1. The minimum Gasteiger partial charge on any atom is -0.502 e. The molecule has 0 bridgehead atoms. The van der Waals surface area contributed by atoms with Crippen LogP contribution < -0.4 is 0 Å². The second-order valence-electron chi connectivity index (χ2n) is 3.72. The molecule has 0 radical (unpaired) electrons. The fraction of sp³-hybridized carbons (Fsp3) is 0.154. The van der Waals surface area contributed by atoms with Gasteiger partial charge in [0.1, 0.15) is 5.57 Å². The van der Waals surface area contributed by atoms with Crippen molar-refractivity contribution in [3.05, 3.63) is 45.6 Å². The largest absolute Gasteiger partial charge is 0.502 e. The van der Waals surface area contributed by atoms with E-state index < -0.39 is 17.6 Å². The molecule has 0 unspecified atom stereocenters. The number of aliphatic hydroxyl groups is 1. The van der Waals surface area contributed by atoms with Gasteiger partial charge < -0.3 is 9.84 Å². The number of rotatable bonds is 3. The molecule has 1 heterocycles. The molecule has 0 saturated carbocycles. The van der Waals surface area contributed by atoms with E-state index in [1.54, 1.807) is 31.2 Å². The van der Waals surface area contributed by atoms with E-state index in [-0.39, 0.29) is 17.9 Å². The van der Waals surface area contributed by atoms with E-state index in [0.29, 0.717) is 5.56 Å². The van der Waals surface area contributed by atoms with Gasteiger partial charge in [0.2, 0.25) is 5.76 Å². The highest BCUT2D eigenvalue weighted by Gasteiger charge is 2.33. The Kier molecular flexibility index (Phi) is 3.80. The minimum atomic E-state index is -0.832. The van der Waals surface area contributed by atoms with Crippen molar-refractivity contribution in [1.82, 2.24) is 0 Å². The van der Waals surface area contributed by atoms with Crippen LogP contribution >= 0.6 is 15.9 Å². The van der Waals surface area contributed by atoms with Crippen LogP contribution in [0.3, 0.4) is 0 Å². The summed E-state index contributed by atoms with van der Waals surface area (Å²) in [6.45, 7) is 1.79. The number of carbonyl (C=O) groups is 2. The third-order valence-corrected chi connectivity index (χ3v) is 3.02. The number of benzene rings is 1. The SMILES string of the molecule is CCOC(=O)C1=C(O)C(=O)N=C1c1ccc(Br)cc1. The number of aliphatic hydroxyl groups excluding tert-OH is 1. The van der Waals surface area contributed by atoms with Gasteiger partial charge in [-0.2, -0.15) is 0 Å². The van der Waals surface area contributed by atoms with Gasteiger partial charge in [0.25, 0.3) is 0 Å². The van der Waals surface area contributed by atoms with Crippen LogP contribution in [-0.2, 0) is 14.3 Å². The predicted octanol–water partition coefficient (Wildman–Crippen LogP) is 2.15. The lowest BCUT2D eigenvalue weighted by Crippen LogP contribution is -2.16. The highest BCUT2D eigenvalue weighted by Crippen LogP contribution is 2.22. The van der Waals surface area contributed by atoms with Crippen LogP contribution in [-0.4, -0.2) is 29.3 Å². The zero-order chi connectivity index (χ0) is 14.0. The Morgan fingerprint density at radius 3 is 2.58 bits per heavy atom. The van der Waals surface area contributed by atoms with E-state index in [2.05, 4.69) is 20.9 Å². The van der Waals surface area contributed by atoms with E-state index in [1.165, 1.54) is 0 Å². The molecule has 1 aromatic rings. The van der Waals surface area contributed by atoms with Crippen molar-refractivity contribution in [1.29, 1.82) is 0 Å². The van der Waals surface area contributed by atoms with E-state index in [4.69, 9.17) is 4.74 Å². The summed E-state index contributed by atoms with van der Waals surface area (Å²) in [6, 6.07) is 6.88. The molecule has 0 aromatic heterocycles. The van der Waals surface area contributed by atoms with Crippen LogP contribution in [0.1, 0.15) is 12.5 Å². The smallest absolute Gasteiger partial charge is 0.344 e. The van der Waals surface area contributed by atoms with E-state index in [1.807, 2.05) is 0 Å². The van der Waals surface area contributed by atoms with Crippen LogP contribution in [0.15, 0.2) is 45.1 Å². The Hall–Kier alpha value is -1.95. The van der Waals surface area contributed by atoms with E-state index >= 15 is 0 Å². The Morgan fingerprint density at radius 2 is 2.00 bits per heavy atom. The monoisotopic (exact) mass is 323 g/mol. The number of carbonyl (C=O) groups excluding carboxylic acids is 2. The number of aliphatic imine (C=N–C) groups is 1. The highest BCUT2D eigenvalue weighted by molar-refractivity contribution is 9.10. The maximum absolute atomic E-state index is 11.8. The van der Waals surface area contributed by atoms with Gasteiger partial charge in [-0.1, -0.05) is 28.1 Å². The Balaban J connectivity index is 2.45. The van der Waals surface area contributed by atoms with Crippen molar-refractivity contribution in [2.24, 2.45) is 4.99 Å². The first-order chi connectivity index (χ1) is 9.04. The molecule has 0 atom stereocenters. The summed E-state index contributed by atoms with van der Waals surface area (Å²) in [7, 11) is 0. The van der Waals surface area contributed by atoms with Crippen molar-refractivity contribution in [2.75, 3.05) is 6.61 Å². The van der Waals surface area contributed by atoms with Crippen LogP contribution in [0.4, 0.5) is 0 Å². The summed E-state index contributed by atoms with van der Waals surface area (Å²) >= 11 is 3.29. The molecule has 1 aliphatic rings. The normalized spacial score (nSPS) is 14.6. The molecule has 0 fully saturated rings. The van der Waals surface area contributed by atoms with Crippen molar-refractivity contribution >= 4 is 33.5 Å². The number of halogens is 1. The van der Waals surface area contributed by atoms with E-state index in [9.17, 15) is 14.7 Å². The zero-order valence-electron chi connectivity index (χ0n) is 10.0. The summed E-state index contributed by atoms with van der Waals surface area (Å²) in [4.78, 5) is 26.9. The van der Waals surface area contributed by atoms with Gasteiger partial charge >= 0.3 is 11.9 Å². The van der Waals surface area contributed by atoms with Crippen molar-refractivity contribution < 1.29 is 19.4 Å². The second-order valence-corrected chi connectivity index (χ2v) is 4.63. The van der Waals surface area contributed by atoms with Crippen molar-refractivity contribution in [2.45, 2.75) is 6.92 Å².